The first-order valence-electron chi connectivity index (χ1n) is 11.9. The van der Waals surface area contributed by atoms with E-state index < -0.39 is 0 Å². The van der Waals surface area contributed by atoms with Crippen molar-refractivity contribution in [3.05, 3.63) is 100 Å². The van der Waals surface area contributed by atoms with Gasteiger partial charge in [-0.1, -0.05) is 73.9 Å². The van der Waals surface area contributed by atoms with Crippen molar-refractivity contribution in [2.75, 3.05) is 0 Å². The van der Waals surface area contributed by atoms with E-state index in [-0.39, 0.29) is 0 Å². The zero-order chi connectivity index (χ0) is 22.5. The molecule has 0 bridgehead atoms. The van der Waals surface area contributed by atoms with Gasteiger partial charge in [-0.2, -0.15) is 4.99 Å². The van der Waals surface area contributed by atoms with Crippen molar-refractivity contribution >= 4 is 34.7 Å². The molecule has 0 heterocycles. The van der Waals surface area contributed by atoms with Gasteiger partial charge < -0.3 is 0 Å². The lowest BCUT2D eigenvalue weighted by Crippen LogP contribution is -1.99. The van der Waals surface area contributed by atoms with E-state index in [1.54, 1.807) is 0 Å². The fourth-order valence-corrected chi connectivity index (χ4v) is 5.12. The molecular formula is C31H27NS. The first kappa shape index (κ1) is 21.6. The molecule has 1 saturated carbocycles. The van der Waals surface area contributed by atoms with Gasteiger partial charge >= 0.3 is 0 Å². The summed E-state index contributed by atoms with van der Waals surface area (Å²) >= 11 is 4.68. The van der Waals surface area contributed by atoms with Crippen LogP contribution in [0.4, 0.5) is 5.69 Å². The van der Waals surface area contributed by atoms with E-state index in [1.807, 2.05) is 12.1 Å². The van der Waals surface area contributed by atoms with Gasteiger partial charge in [0.25, 0.3) is 0 Å². The molecule has 3 aromatic rings. The third kappa shape index (κ3) is 5.40. The minimum Gasteiger partial charge on any atom is -0.195 e. The molecule has 0 radical (unpaired) electrons. The molecule has 0 aliphatic heterocycles. The van der Waals surface area contributed by atoms with Gasteiger partial charge in [-0.3, -0.25) is 0 Å². The molecule has 33 heavy (non-hydrogen) atoms. The first-order valence-corrected chi connectivity index (χ1v) is 12.3. The van der Waals surface area contributed by atoms with Crippen molar-refractivity contribution < 1.29 is 0 Å². The molecular weight excluding hydrogens is 418 g/mol. The number of isothiocyanates is 1. The van der Waals surface area contributed by atoms with Crippen LogP contribution in [0.1, 0.15) is 65.5 Å². The van der Waals surface area contributed by atoms with E-state index in [4.69, 9.17) is 0 Å². The van der Waals surface area contributed by atoms with Crippen LogP contribution in [0.25, 0.3) is 11.6 Å². The number of allylic oxidation sites excluding steroid dienone is 1. The highest BCUT2D eigenvalue weighted by Gasteiger charge is 2.15. The van der Waals surface area contributed by atoms with Crippen molar-refractivity contribution in [1.29, 1.82) is 0 Å². The summed E-state index contributed by atoms with van der Waals surface area (Å²) in [5.41, 5.74) is 9.73. The molecule has 0 saturated heterocycles. The monoisotopic (exact) mass is 445 g/mol. The molecule has 0 amide bonds. The van der Waals surface area contributed by atoms with E-state index in [9.17, 15) is 0 Å². The summed E-state index contributed by atoms with van der Waals surface area (Å²) < 4.78 is 0. The molecule has 3 aromatic carbocycles. The smallest absolute Gasteiger partial charge is 0.0739 e. The number of nitrogens with zero attached hydrogens (tertiary/aromatic N) is 1. The van der Waals surface area contributed by atoms with Gasteiger partial charge in [-0.15, -0.1) is 0 Å². The number of benzene rings is 3. The van der Waals surface area contributed by atoms with Crippen LogP contribution in [0, 0.1) is 17.8 Å². The van der Waals surface area contributed by atoms with E-state index in [1.165, 1.54) is 59.9 Å². The average Bonchev–Trinajstić information content (AvgIpc) is 3.37. The summed E-state index contributed by atoms with van der Waals surface area (Å²) in [6.45, 7) is 0. The number of aryl methyl sites for hydroxylation is 1. The van der Waals surface area contributed by atoms with Crippen molar-refractivity contribution in [1.82, 2.24) is 0 Å². The van der Waals surface area contributed by atoms with Crippen molar-refractivity contribution in [2.24, 2.45) is 10.9 Å². The third-order valence-electron chi connectivity index (χ3n) is 6.85. The van der Waals surface area contributed by atoms with E-state index in [0.29, 0.717) is 0 Å². The molecule has 2 aliphatic carbocycles. The van der Waals surface area contributed by atoms with E-state index >= 15 is 0 Å². The minimum absolute atomic E-state index is 0.845. The molecule has 2 aliphatic rings. The maximum atomic E-state index is 4.68. The van der Waals surface area contributed by atoms with E-state index in [2.05, 4.69) is 94.9 Å². The van der Waals surface area contributed by atoms with Crippen molar-refractivity contribution in [2.45, 2.75) is 44.9 Å². The highest BCUT2D eigenvalue weighted by molar-refractivity contribution is 7.78. The Hall–Kier alpha value is -3.24. The lowest BCUT2D eigenvalue weighted by atomic mass is 9.88. The number of rotatable bonds is 4. The summed E-state index contributed by atoms with van der Waals surface area (Å²) in [4.78, 5) is 4.04. The molecule has 1 fully saturated rings. The van der Waals surface area contributed by atoms with Gasteiger partial charge in [0.15, 0.2) is 0 Å². The quantitative estimate of drug-likeness (QED) is 0.225. The second-order valence-electron chi connectivity index (χ2n) is 9.13. The Labute approximate surface area is 202 Å². The van der Waals surface area contributed by atoms with Crippen LogP contribution >= 0.6 is 12.2 Å². The van der Waals surface area contributed by atoms with Crippen LogP contribution in [0.5, 0.6) is 0 Å². The molecule has 0 spiro atoms. The van der Waals surface area contributed by atoms with Gasteiger partial charge in [0.1, 0.15) is 0 Å². The number of thiocarbonyl (C=S) groups is 1. The van der Waals surface area contributed by atoms with Gasteiger partial charge in [0.05, 0.1) is 10.8 Å². The number of fused-ring (bicyclic) bond motifs is 1. The van der Waals surface area contributed by atoms with Crippen molar-refractivity contribution in [3.63, 3.8) is 0 Å². The van der Waals surface area contributed by atoms with Crippen LogP contribution < -0.4 is 0 Å². The highest BCUT2D eigenvalue weighted by Crippen LogP contribution is 2.32. The lowest BCUT2D eigenvalue weighted by Gasteiger charge is -2.17. The third-order valence-corrected chi connectivity index (χ3v) is 6.94. The fraction of sp³-hybridized carbons (Fsp3) is 0.258. The number of aliphatic imine (C=N–C) groups is 1. The normalized spacial score (nSPS) is 15.1. The van der Waals surface area contributed by atoms with Crippen LogP contribution in [0.2, 0.25) is 0 Å². The van der Waals surface area contributed by atoms with Crippen LogP contribution in [0.15, 0.2) is 71.7 Å². The number of hydrogen-bond acceptors (Lipinski definition) is 2. The average molecular weight is 446 g/mol. The molecule has 0 unspecified atom stereocenters. The Morgan fingerprint density at radius 2 is 1.55 bits per heavy atom. The fourth-order valence-electron chi connectivity index (χ4n) is 5.02. The van der Waals surface area contributed by atoms with E-state index in [0.717, 1.165) is 35.6 Å². The zero-order valence-corrected chi connectivity index (χ0v) is 19.6. The Kier molecular flexibility index (Phi) is 6.63. The molecule has 162 valence electrons. The second kappa shape index (κ2) is 10.1. The maximum Gasteiger partial charge on any atom is 0.0739 e. The first-order chi connectivity index (χ1) is 16.3. The standard InChI is InChI=1S/C31H27NS/c33-22-32-31-17-15-27(16-18-31)29-14-13-28-20-26(11-12-30(28)21-29)10-7-23-5-8-25(9-6-23)19-24-3-1-2-4-24/h5-6,8-9,11-12,15-18,20-21,24H,1-4,13-14,19H2. The predicted octanol–water partition coefficient (Wildman–Crippen LogP) is 8.04. The van der Waals surface area contributed by atoms with Crippen molar-refractivity contribution in [3.8, 4) is 11.8 Å². The van der Waals surface area contributed by atoms with Gasteiger partial charge in [-0.25, -0.2) is 0 Å². The zero-order valence-electron chi connectivity index (χ0n) is 18.8. The largest absolute Gasteiger partial charge is 0.195 e. The molecule has 0 N–H and O–H groups in total. The summed E-state index contributed by atoms with van der Waals surface area (Å²) in [6.07, 6.45) is 11.2. The molecule has 0 aromatic heterocycles. The second-order valence-corrected chi connectivity index (χ2v) is 9.32. The summed E-state index contributed by atoms with van der Waals surface area (Å²) in [5, 5.41) is 2.42. The molecule has 1 nitrogen and oxygen atoms in total. The molecule has 0 atom stereocenters. The lowest BCUT2D eigenvalue weighted by molar-refractivity contribution is 0.546. The predicted molar refractivity (Wildman–Crippen MR) is 142 cm³/mol. The topological polar surface area (TPSA) is 12.4 Å². The maximum absolute atomic E-state index is 4.68. The van der Waals surface area contributed by atoms with Crippen LogP contribution in [-0.4, -0.2) is 5.16 Å². The SMILES string of the molecule is S=C=Nc1ccc(C2=Cc3ccc(C#Cc4ccc(CC5CCCC5)cc4)cc3CC2)cc1. The Morgan fingerprint density at radius 1 is 0.818 bits per heavy atom. The van der Waals surface area contributed by atoms with Crippen LogP contribution in [0.3, 0.4) is 0 Å². The van der Waals surface area contributed by atoms with Gasteiger partial charge in [0.2, 0.25) is 0 Å². The molecule has 2 heteroatoms. The summed E-state index contributed by atoms with van der Waals surface area (Å²) in [7, 11) is 0. The van der Waals surface area contributed by atoms with Gasteiger partial charge in [0, 0.05) is 11.1 Å². The Balaban J connectivity index is 1.28. The Morgan fingerprint density at radius 3 is 2.30 bits per heavy atom. The highest BCUT2D eigenvalue weighted by atomic mass is 32.1. The minimum atomic E-state index is 0.845. The molecule has 5 rings (SSSR count). The van der Waals surface area contributed by atoms with Gasteiger partial charge in [-0.05, 0) is 102 Å². The Bertz CT molecular complexity index is 1270. The van der Waals surface area contributed by atoms with Crippen LogP contribution in [-0.2, 0) is 12.8 Å². The summed E-state index contributed by atoms with van der Waals surface area (Å²) in [6, 6.07) is 23.7. The number of hydrogen-bond donors (Lipinski definition) is 0. The summed E-state index contributed by atoms with van der Waals surface area (Å²) in [5.74, 6) is 7.61.